The molecule has 0 aliphatic carbocycles. The van der Waals surface area contributed by atoms with E-state index in [4.69, 9.17) is 0 Å². The number of hydrogen-bond acceptors (Lipinski definition) is 3. The molecule has 0 aromatic carbocycles. The molecular weight excluding hydrogens is 196 g/mol. The van der Waals surface area contributed by atoms with Crippen LogP contribution in [-0.4, -0.2) is 38.6 Å². The van der Waals surface area contributed by atoms with Crippen molar-refractivity contribution in [1.29, 1.82) is 0 Å². The van der Waals surface area contributed by atoms with Gasteiger partial charge in [-0.15, -0.1) is 0 Å². The van der Waals surface area contributed by atoms with Crippen molar-refractivity contribution < 1.29 is 14.3 Å². The quantitative estimate of drug-likeness (QED) is 0.625. The normalized spacial score (nSPS) is 10.1. The van der Waals surface area contributed by atoms with Crippen LogP contribution in [0.3, 0.4) is 0 Å². The zero-order valence-electron chi connectivity index (χ0n) is 9.63. The van der Waals surface area contributed by atoms with Crippen LogP contribution in [-0.2, 0) is 14.3 Å². The number of hydrogen-bond donors (Lipinski definition) is 2. The van der Waals surface area contributed by atoms with Crippen LogP contribution < -0.4 is 10.6 Å². The second kappa shape index (κ2) is 8.23. The predicted molar refractivity (Wildman–Crippen MR) is 57.4 cm³/mol. The molecule has 15 heavy (non-hydrogen) atoms. The Morgan fingerprint density at radius 3 is 2.40 bits per heavy atom. The molecular formula is C10H20N2O3. The van der Waals surface area contributed by atoms with Gasteiger partial charge in [-0.05, 0) is 5.92 Å². The van der Waals surface area contributed by atoms with Crippen LogP contribution in [0.4, 0.5) is 0 Å². The SMILES string of the molecule is COCC(=O)NCCC(=O)NCC(C)C. The van der Waals surface area contributed by atoms with Crippen molar-refractivity contribution >= 4 is 11.8 Å². The van der Waals surface area contributed by atoms with Crippen LogP contribution in [0.15, 0.2) is 0 Å². The van der Waals surface area contributed by atoms with Gasteiger partial charge in [0.25, 0.3) is 0 Å². The number of carbonyl (C=O) groups is 2. The van der Waals surface area contributed by atoms with Crippen molar-refractivity contribution in [2.24, 2.45) is 5.92 Å². The molecule has 0 rings (SSSR count). The monoisotopic (exact) mass is 216 g/mol. The van der Waals surface area contributed by atoms with E-state index in [1.54, 1.807) is 0 Å². The van der Waals surface area contributed by atoms with Crippen LogP contribution in [0.1, 0.15) is 20.3 Å². The van der Waals surface area contributed by atoms with Crippen molar-refractivity contribution in [1.82, 2.24) is 10.6 Å². The van der Waals surface area contributed by atoms with Gasteiger partial charge in [-0.2, -0.15) is 0 Å². The molecule has 0 aromatic heterocycles. The van der Waals surface area contributed by atoms with Crippen molar-refractivity contribution in [3.63, 3.8) is 0 Å². The molecule has 0 atom stereocenters. The van der Waals surface area contributed by atoms with Gasteiger partial charge in [0.15, 0.2) is 0 Å². The second-order valence-electron chi connectivity index (χ2n) is 3.73. The largest absolute Gasteiger partial charge is 0.375 e. The number of carbonyl (C=O) groups excluding carboxylic acids is 2. The summed E-state index contributed by atoms with van der Waals surface area (Å²) in [6.45, 7) is 5.12. The molecule has 5 nitrogen and oxygen atoms in total. The van der Waals surface area contributed by atoms with Crippen molar-refractivity contribution in [3.05, 3.63) is 0 Å². The number of amides is 2. The van der Waals surface area contributed by atoms with Crippen LogP contribution in [0.2, 0.25) is 0 Å². The van der Waals surface area contributed by atoms with Gasteiger partial charge in [0.05, 0.1) is 0 Å². The summed E-state index contributed by atoms with van der Waals surface area (Å²) < 4.78 is 4.63. The first kappa shape index (κ1) is 13.9. The highest BCUT2D eigenvalue weighted by molar-refractivity contribution is 5.79. The maximum Gasteiger partial charge on any atom is 0.245 e. The van der Waals surface area contributed by atoms with Gasteiger partial charge in [-0.3, -0.25) is 9.59 Å². The van der Waals surface area contributed by atoms with Gasteiger partial charge in [0.2, 0.25) is 11.8 Å². The van der Waals surface area contributed by atoms with E-state index in [2.05, 4.69) is 15.4 Å². The van der Waals surface area contributed by atoms with Gasteiger partial charge in [-0.25, -0.2) is 0 Å². The Labute approximate surface area is 90.6 Å². The first-order valence-electron chi connectivity index (χ1n) is 5.08. The molecule has 0 radical (unpaired) electrons. The Balaban J connectivity index is 3.42. The summed E-state index contributed by atoms with van der Waals surface area (Å²) in [4.78, 5) is 22.1. The number of nitrogens with one attached hydrogen (secondary N) is 2. The zero-order chi connectivity index (χ0) is 11.7. The third kappa shape index (κ3) is 9.21. The predicted octanol–water partition coefficient (Wildman–Crippen LogP) is -0.0887. The average molecular weight is 216 g/mol. The Hall–Kier alpha value is -1.10. The molecule has 0 fully saturated rings. The van der Waals surface area contributed by atoms with E-state index in [0.717, 1.165) is 0 Å². The van der Waals surface area contributed by atoms with Gasteiger partial charge in [0.1, 0.15) is 6.61 Å². The van der Waals surface area contributed by atoms with Crippen LogP contribution in [0.25, 0.3) is 0 Å². The van der Waals surface area contributed by atoms with E-state index in [1.165, 1.54) is 7.11 Å². The van der Waals surface area contributed by atoms with E-state index >= 15 is 0 Å². The smallest absolute Gasteiger partial charge is 0.245 e. The third-order valence-electron chi connectivity index (χ3n) is 1.66. The molecule has 0 spiro atoms. The Kier molecular flexibility index (Phi) is 7.62. The number of ether oxygens (including phenoxy) is 1. The summed E-state index contributed by atoms with van der Waals surface area (Å²) in [5.74, 6) is 0.201. The maximum absolute atomic E-state index is 11.2. The first-order chi connectivity index (χ1) is 7.06. The van der Waals surface area contributed by atoms with Crippen LogP contribution in [0, 0.1) is 5.92 Å². The molecule has 0 unspecified atom stereocenters. The maximum atomic E-state index is 11.2. The summed E-state index contributed by atoms with van der Waals surface area (Å²) in [5.41, 5.74) is 0. The lowest BCUT2D eigenvalue weighted by Gasteiger charge is -2.08. The lowest BCUT2D eigenvalue weighted by atomic mass is 10.2. The summed E-state index contributed by atoms with van der Waals surface area (Å²) in [5, 5.41) is 5.34. The number of methoxy groups -OCH3 is 1. The average Bonchev–Trinajstić information content (AvgIpc) is 2.15. The fraction of sp³-hybridized carbons (Fsp3) is 0.800. The first-order valence-corrected chi connectivity index (χ1v) is 5.08. The Morgan fingerprint density at radius 1 is 1.20 bits per heavy atom. The van der Waals surface area contributed by atoms with Crippen LogP contribution >= 0.6 is 0 Å². The minimum atomic E-state index is -0.200. The minimum Gasteiger partial charge on any atom is -0.375 e. The molecule has 0 bridgehead atoms. The molecule has 0 heterocycles. The molecule has 88 valence electrons. The fourth-order valence-electron chi connectivity index (χ4n) is 0.904. The molecule has 0 saturated heterocycles. The summed E-state index contributed by atoms with van der Waals surface area (Å²) >= 11 is 0. The minimum absolute atomic E-state index is 0.0353. The highest BCUT2D eigenvalue weighted by Gasteiger charge is 2.03. The zero-order valence-corrected chi connectivity index (χ0v) is 9.63. The second-order valence-corrected chi connectivity index (χ2v) is 3.73. The highest BCUT2D eigenvalue weighted by atomic mass is 16.5. The number of rotatable bonds is 7. The van der Waals surface area contributed by atoms with E-state index in [0.29, 0.717) is 25.4 Å². The molecule has 2 N–H and O–H groups in total. The summed E-state index contributed by atoms with van der Waals surface area (Å²) in [6, 6.07) is 0. The van der Waals surface area contributed by atoms with E-state index in [-0.39, 0.29) is 18.4 Å². The Morgan fingerprint density at radius 2 is 1.87 bits per heavy atom. The fourth-order valence-corrected chi connectivity index (χ4v) is 0.904. The lowest BCUT2D eigenvalue weighted by molar-refractivity contribution is -0.125. The molecule has 5 heteroatoms. The van der Waals surface area contributed by atoms with Gasteiger partial charge in [-0.1, -0.05) is 13.8 Å². The van der Waals surface area contributed by atoms with E-state index in [9.17, 15) is 9.59 Å². The molecule has 2 amide bonds. The van der Waals surface area contributed by atoms with Gasteiger partial charge < -0.3 is 15.4 Å². The van der Waals surface area contributed by atoms with E-state index < -0.39 is 0 Å². The van der Waals surface area contributed by atoms with Gasteiger partial charge >= 0.3 is 0 Å². The molecule has 0 saturated carbocycles. The van der Waals surface area contributed by atoms with E-state index in [1.807, 2.05) is 13.8 Å². The topological polar surface area (TPSA) is 67.4 Å². The van der Waals surface area contributed by atoms with Crippen molar-refractivity contribution in [3.8, 4) is 0 Å². The van der Waals surface area contributed by atoms with Crippen molar-refractivity contribution in [2.45, 2.75) is 20.3 Å². The van der Waals surface area contributed by atoms with Crippen LogP contribution in [0.5, 0.6) is 0 Å². The summed E-state index contributed by atoms with van der Waals surface area (Å²) in [7, 11) is 1.45. The molecule has 0 aliphatic rings. The molecule has 0 aliphatic heterocycles. The van der Waals surface area contributed by atoms with Crippen molar-refractivity contribution in [2.75, 3.05) is 26.8 Å². The standard InChI is InChI=1S/C10H20N2O3/c1-8(2)6-12-9(13)4-5-11-10(14)7-15-3/h8H,4-7H2,1-3H3,(H,11,14)(H,12,13). The Bertz CT molecular complexity index is 205. The molecule has 0 aromatic rings. The lowest BCUT2D eigenvalue weighted by Crippen LogP contribution is -2.33. The third-order valence-corrected chi connectivity index (χ3v) is 1.66. The highest BCUT2D eigenvalue weighted by Crippen LogP contribution is 1.87. The summed E-state index contributed by atoms with van der Waals surface area (Å²) in [6.07, 6.45) is 0.308. The van der Waals surface area contributed by atoms with Gasteiger partial charge in [0, 0.05) is 26.6 Å².